The fraction of sp³-hybridized carbons (Fsp3) is 0.682. The quantitative estimate of drug-likeness (QED) is 0.737. The van der Waals surface area contributed by atoms with E-state index in [1.54, 1.807) is 0 Å². The highest BCUT2D eigenvalue weighted by Crippen LogP contribution is 2.35. The Morgan fingerprint density at radius 3 is 2.10 bits per heavy atom. The molecule has 6 nitrogen and oxygen atoms in total. The first-order valence-corrected chi connectivity index (χ1v) is 11.7. The van der Waals surface area contributed by atoms with Gasteiger partial charge in [0.2, 0.25) is 0 Å². The van der Waals surface area contributed by atoms with Crippen LogP contribution in [0.25, 0.3) is 0 Å². The van der Waals surface area contributed by atoms with Gasteiger partial charge < -0.3 is 0 Å². The normalized spacial score (nSPS) is 23.8. The highest BCUT2D eigenvalue weighted by molar-refractivity contribution is 6.30. The van der Waals surface area contributed by atoms with E-state index in [4.69, 9.17) is 11.6 Å². The second-order valence-electron chi connectivity index (χ2n) is 8.88. The van der Waals surface area contributed by atoms with Crippen molar-refractivity contribution in [3.05, 3.63) is 40.7 Å². The molecule has 2 heterocycles. The Labute approximate surface area is 178 Å². The van der Waals surface area contributed by atoms with Gasteiger partial charge >= 0.3 is 0 Å². The average Bonchev–Trinajstić information content (AvgIpc) is 3.52. The molecule has 0 unspecified atom stereocenters. The van der Waals surface area contributed by atoms with Gasteiger partial charge in [0.25, 0.3) is 0 Å². The van der Waals surface area contributed by atoms with E-state index in [0.29, 0.717) is 6.04 Å². The molecule has 0 amide bonds. The monoisotopic (exact) mass is 414 g/mol. The van der Waals surface area contributed by atoms with Crippen molar-refractivity contribution in [2.75, 3.05) is 26.2 Å². The first-order chi connectivity index (χ1) is 14.3. The van der Waals surface area contributed by atoms with Crippen molar-refractivity contribution >= 4 is 11.6 Å². The average molecular weight is 415 g/mol. The van der Waals surface area contributed by atoms with Crippen molar-refractivity contribution in [1.82, 2.24) is 30.0 Å². The molecule has 3 fully saturated rings. The third-order valence-corrected chi connectivity index (χ3v) is 7.43. The van der Waals surface area contributed by atoms with Crippen molar-refractivity contribution in [2.24, 2.45) is 0 Å². The molecule has 0 bridgehead atoms. The number of halogens is 1. The molecule has 2 aliphatic carbocycles. The Bertz CT molecular complexity index is 786. The van der Waals surface area contributed by atoms with E-state index in [9.17, 15) is 0 Å². The molecule has 1 aliphatic heterocycles. The minimum Gasteiger partial charge on any atom is -0.298 e. The topological polar surface area (TPSA) is 50.1 Å². The van der Waals surface area contributed by atoms with E-state index >= 15 is 0 Å². The Hall–Kier alpha value is -1.50. The smallest absolute Gasteiger partial charge is 0.173 e. The van der Waals surface area contributed by atoms with Crippen LogP contribution in [0.3, 0.4) is 0 Å². The second-order valence-corrected chi connectivity index (χ2v) is 9.32. The van der Waals surface area contributed by atoms with Crippen LogP contribution in [0.15, 0.2) is 24.3 Å². The summed E-state index contributed by atoms with van der Waals surface area (Å²) in [5, 5.41) is 13.8. The maximum Gasteiger partial charge on any atom is 0.173 e. The van der Waals surface area contributed by atoms with E-state index < -0.39 is 0 Å². The van der Waals surface area contributed by atoms with Gasteiger partial charge in [0.1, 0.15) is 0 Å². The highest BCUT2D eigenvalue weighted by atomic mass is 35.5. The summed E-state index contributed by atoms with van der Waals surface area (Å²) in [5.41, 5.74) is 1.23. The summed E-state index contributed by atoms with van der Waals surface area (Å²) < 4.78 is 2.12. The second kappa shape index (κ2) is 8.70. The first kappa shape index (κ1) is 19.5. The molecule has 0 spiro atoms. The number of piperazine rings is 1. The zero-order valence-corrected chi connectivity index (χ0v) is 17.8. The van der Waals surface area contributed by atoms with Crippen LogP contribution in [-0.4, -0.2) is 62.2 Å². The predicted octanol–water partition coefficient (Wildman–Crippen LogP) is 4.09. The van der Waals surface area contributed by atoms with Gasteiger partial charge in [-0.2, -0.15) is 0 Å². The molecular weight excluding hydrogens is 384 g/mol. The zero-order chi connectivity index (χ0) is 19.6. The fourth-order valence-corrected chi connectivity index (χ4v) is 5.71. The molecule has 5 rings (SSSR count). The molecule has 7 heteroatoms. The lowest BCUT2D eigenvalue weighted by Gasteiger charge is -2.41. The van der Waals surface area contributed by atoms with Gasteiger partial charge in [0.05, 0.1) is 12.1 Å². The number of hydrogen-bond donors (Lipinski definition) is 0. The van der Waals surface area contributed by atoms with E-state index in [-0.39, 0.29) is 6.04 Å². The van der Waals surface area contributed by atoms with Crippen LogP contribution >= 0.6 is 11.6 Å². The largest absolute Gasteiger partial charge is 0.298 e. The molecule has 2 aromatic rings. The molecule has 1 saturated heterocycles. The standard InChI is InChI=1S/C22H31ClN6/c23-18-11-9-17(10-12-18)21(22-24-25-26-29(22)20-7-3-4-8-20)28-15-13-27(14-16-28)19-5-1-2-6-19/h9-12,19-21H,1-8,13-16H2/t21-/m0/s1. The van der Waals surface area contributed by atoms with Crippen LogP contribution in [0.1, 0.15) is 74.8 Å². The molecule has 0 radical (unpaired) electrons. The minimum atomic E-state index is 0.0913. The van der Waals surface area contributed by atoms with Gasteiger partial charge in [-0.1, -0.05) is 49.4 Å². The molecule has 0 N–H and O–H groups in total. The first-order valence-electron chi connectivity index (χ1n) is 11.3. The molecule has 156 valence electrons. The molecule has 3 aliphatic rings. The Morgan fingerprint density at radius 2 is 1.45 bits per heavy atom. The SMILES string of the molecule is Clc1ccc([C@@H](c2nnnn2C2CCCC2)N2CCN(C3CCCC3)CC2)cc1. The molecule has 1 aromatic carbocycles. The van der Waals surface area contributed by atoms with Crippen LogP contribution in [0, 0.1) is 0 Å². The predicted molar refractivity (Wildman–Crippen MR) is 114 cm³/mol. The number of nitrogens with zero attached hydrogens (tertiary/aromatic N) is 6. The van der Waals surface area contributed by atoms with Gasteiger partial charge in [0.15, 0.2) is 5.82 Å². The molecule has 29 heavy (non-hydrogen) atoms. The molecule has 1 atom stereocenters. The van der Waals surface area contributed by atoms with Gasteiger partial charge in [0, 0.05) is 37.2 Å². The Kier molecular flexibility index (Phi) is 5.84. The van der Waals surface area contributed by atoms with Crippen molar-refractivity contribution in [1.29, 1.82) is 0 Å². The van der Waals surface area contributed by atoms with Crippen LogP contribution < -0.4 is 0 Å². The molecular formula is C22H31ClN6. The summed E-state index contributed by atoms with van der Waals surface area (Å²) in [6, 6.07) is 9.59. The highest BCUT2D eigenvalue weighted by Gasteiger charge is 2.34. The summed E-state index contributed by atoms with van der Waals surface area (Å²) in [4.78, 5) is 5.29. The van der Waals surface area contributed by atoms with Gasteiger partial charge in [-0.15, -0.1) is 5.10 Å². The molecule has 1 aromatic heterocycles. The maximum atomic E-state index is 6.19. The van der Waals surface area contributed by atoms with Crippen LogP contribution in [0.2, 0.25) is 5.02 Å². The fourth-order valence-electron chi connectivity index (χ4n) is 5.59. The van der Waals surface area contributed by atoms with Crippen LogP contribution in [0.4, 0.5) is 0 Å². The lowest BCUT2D eigenvalue weighted by molar-refractivity contribution is 0.0765. The van der Waals surface area contributed by atoms with E-state index in [0.717, 1.165) is 43.1 Å². The Balaban J connectivity index is 1.41. The van der Waals surface area contributed by atoms with Crippen molar-refractivity contribution in [2.45, 2.75) is 69.5 Å². The number of benzene rings is 1. The van der Waals surface area contributed by atoms with Crippen molar-refractivity contribution in [3.63, 3.8) is 0 Å². The number of aromatic nitrogens is 4. The third kappa shape index (κ3) is 4.07. The third-order valence-electron chi connectivity index (χ3n) is 7.17. The number of hydrogen-bond acceptors (Lipinski definition) is 5. The summed E-state index contributed by atoms with van der Waals surface area (Å²) in [7, 11) is 0. The summed E-state index contributed by atoms with van der Waals surface area (Å²) in [6.07, 6.45) is 10.5. The summed E-state index contributed by atoms with van der Waals surface area (Å²) in [5.74, 6) is 0.994. The number of rotatable bonds is 5. The summed E-state index contributed by atoms with van der Waals surface area (Å²) in [6.45, 7) is 4.39. The minimum absolute atomic E-state index is 0.0913. The van der Waals surface area contributed by atoms with Crippen LogP contribution in [0.5, 0.6) is 0 Å². The summed E-state index contributed by atoms with van der Waals surface area (Å²) >= 11 is 6.19. The van der Waals surface area contributed by atoms with Gasteiger partial charge in [-0.25, -0.2) is 4.68 Å². The number of tetrazole rings is 1. The van der Waals surface area contributed by atoms with E-state index in [1.165, 1.54) is 56.9 Å². The van der Waals surface area contributed by atoms with E-state index in [2.05, 4.69) is 42.1 Å². The van der Waals surface area contributed by atoms with Crippen LogP contribution in [-0.2, 0) is 0 Å². The maximum absolute atomic E-state index is 6.19. The zero-order valence-electron chi connectivity index (χ0n) is 17.1. The molecule has 2 saturated carbocycles. The Morgan fingerprint density at radius 1 is 0.828 bits per heavy atom. The van der Waals surface area contributed by atoms with Gasteiger partial charge in [-0.05, 0) is 53.8 Å². The van der Waals surface area contributed by atoms with E-state index in [1.807, 2.05) is 12.1 Å². The van der Waals surface area contributed by atoms with Gasteiger partial charge in [-0.3, -0.25) is 9.80 Å². The van der Waals surface area contributed by atoms with Crippen molar-refractivity contribution in [3.8, 4) is 0 Å². The lowest BCUT2D eigenvalue weighted by Crippen LogP contribution is -2.51. The lowest BCUT2D eigenvalue weighted by atomic mass is 10.0. The van der Waals surface area contributed by atoms with Crippen molar-refractivity contribution < 1.29 is 0 Å².